The number of rotatable bonds is 5. The zero-order valence-corrected chi connectivity index (χ0v) is 15.0. The van der Waals surface area contributed by atoms with Gasteiger partial charge in [-0.25, -0.2) is 14.3 Å². The first kappa shape index (κ1) is 17.5. The number of benzene rings is 2. The fourth-order valence-electron chi connectivity index (χ4n) is 2.81. The monoisotopic (exact) mass is 372 g/mol. The molecule has 0 saturated heterocycles. The molecule has 2 heterocycles. The summed E-state index contributed by atoms with van der Waals surface area (Å²) < 4.78 is 7.01. The molecule has 4 rings (SSSR count). The summed E-state index contributed by atoms with van der Waals surface area (Å²) in [6.45, 7) is 1.82. The standard InChI is InChI=1S/C21H16N4O3/c1-14-12-13-22-21-23-19(24-25(14)21)20(27)28-18(16-10-6-3-7-11-16)17(26)15-8-4-2-5-9-15/h2-13,18H,1H3/t18-/m1/s1. The molecule has 0 unspecified atom stereocenters. The molecule has 4 aromatic rings. The third-order valence-electron chi connectivity index (χ3n) is 4.24. The lowest BCUT2D eigenvalue weighted by Crippen LogP contribution is -2.21. The minimum absolute atomic E-state index is 0.149. The predicted octanol–water partition coefficient (Wildman–Crippen LogP) is 3.21. The van der Waals surface area contributed by atoms with Crippen molar-refractivity contribution in [1.82, 2.24) is 19.6 Å². The van der Waals surface area contributed by atoms with Crippen LogP contribution in [0.2, 0.25) is 0 Å². The Bertz CT molecular complexity index is 1140. The molecule has 0 radical (unpaired) electrons. The Morgan fingerprint density at radius 1 is 0.964 bits per heavy atom. The van der Waals surface area contributed by atoms with E-state index in [0.717, 1.165) is 5.69 Å². The van der Waals surface area contributed by atoms with E-state index in [1.807, 2.05) is 19.1 Å². The molecular weight excluding hydrogens is 356 g/mol. The number of aryl methyl sites for hydroxylation is 1. The van der Waals surface area contributed by atoms with Gasteiger partial charge in [-0.3, -0.25) is 4.79 Å². The number of nitrogens with zero attached hydrogens (tertiary/aromatic N) is 4. The van der Waals surface area contributed by atoms with Gasteiger partial charge < -0.3 is 4.74 Å². The number of ketones is 1. The van der Waals surface area contributed by atoms with Gasteiger partial charge in [-0.1, -0.05) is 60.7 Å². The minimum atomic E-state index is -1.10. The molecule has 0 amide bonds. The van der Waals surface area contributed by atoms with Crippen molar-refractivity contribution in [2.45, 2.75) is 13.0 Å². The van der Waals surface area contributed by atoms with Gasteiger partial charge in [-0.2, -0.15) is 4.98 Å². The first-order valence-corrected chi connectivity index (χ1v) is 8.67. The number of hydrogen-bond acceptors (Lipinski definition) is 6. The van der Waals surface area contributed by atoms with Crippen LogP contribution in [0.25, 0.3) is 5.78 Å². The molecule has 7 nitrogen and oxygen atoms in total. The molecule has 28 heavy (non-hydrogen) atoms. The van der Waals surface area contributed by atoms with E-state index in [4.69, 9.17) is 4.74 Å². The molecule has 0 aliphatic rings. The molecule has 0 fully saturated rings. The third-order valence-corrected chi connectivity index (χ3v) is 4.24. The number of carbonyl (C=O) groups excluding carboxylic acids is 2. The summed E-state index contributed by atoms with van der Waals surface area (Å²) in [6.07, 6.45) is 0.483. The maximum atomic E-state index is 13.0. The Labute approximate surface area is 160 Å². The Morgan fingerprint density at radius 2 is 1.64 bits per heavy atom. The number of Topliss-reactive ketones (excluding diaryl/α,β-unsaturated/α-hetero) is 1. The average molecular weight is 372 g/mol. The maximum Gasteiger partial charge on any atom is 0.379 e. The number of hydrogen-bond donors (Lipinski definition) is 0. The Balaban J connectivity index is 1.67. The van der Waals surface area contributed by atoms with Gasteiger partial charge in [0.15, 0.2) is 6.10 Å². The van der Waals surface area contributed by atoms with Crippen LogP contribution in [0, 0.1) is 6.92 Å². The fraction of sp³-hybridized carbons (Fsp3) is 0.0952. The van der Waals surface area contributed by atoms with Crippen molar-refractivity contribution in [1.29, 1.82) is 0 Å². The van der Waals surface area contributed by atoms with E-state index < -0.39 is 12.1 Å². The molecule has 0 aliphatic carbocycles. The summed E-state index contributed by atoms with van der Waals surface area (Å²) >= 11 is 0. The maximum absolute atomic E-state index is 13.0. The van der Waals surface area contributed by atoms with Crippen molar-refractivity contribution >= 4 is 17.5 Å². The summed E-state index contributed by atoms with van der Waals surface area (Å²) in [5.41, 5.74) is 1.80. The van der Waals surface area contributed by atoms with Gasteiger partial charge in [0, 0.05) is 23.0 Å². The van der Waals surface area contributed by atoms with Gasteiger partial charge >= 0.3 is 5.97 Å². The lowest BCUT2D eigenvalue weighted by molar-refractivity contribution is 0.0268. The molecule has 0 bridgehead atoms. The number of fused-ring (bicyclic) bond motifs is 1. The molecule has 1 atom stereocenters. The van der Waals surface area contributed by atoms with E-state index in [-0.39, 0.29) is 17.4 Å². The Hall–Kier alpha value is -3.87. The second-order valence-corrected chi connectivity index (χ2v) is 6.16. The van der Waals surface area contributed by atoms with Crippen molar-refractivity contribution in [3.63, 3.8) is 0 Å². The predicted molar refractivity (Wildman–Crippen MR) is 101 cm³/mol. The van der Waals surface area contributed by atoms with E-state index in [2.05, 4.69) is 15.1 Å². The van der Waals surface area contributed by atoms with Crippen LogP contribution in [0.3, 0.4) is 0 Å². The summed E-state index contributed by atoms with van der Waals surface area (Å²) in [5, 5.41) is 4.15. The molecule has 0 spiro atoms. The van der Waals surface area contributed by atoms with Gasteiger partial charge in [0.25, 0.3) is 11.6 Å². The smallest absolute Gasteiger partial charge is 0.379 e. The second-order valence-electron chi connectivity index (χ2n) is 6.16. The van der Waals surface area contributed by atoms with Crippen LogP contribution in [0.4, 0.5) is 0 Å². The van der Waals surface area contributed by atoms with E-state index >= 15 is 0 Å². The van der Waals surface area contributed by atoms with E-state index in [1.54, 1.807) is 60.8 Å². The van der Waals surface area contributed by atoms with Gasteiger partial charge in [0.2, 0.25) is 5.78 Å². The quantitative estimate of drug-likeness (QED) is 0.395. The van der Waals surface area contributed by atoms with Crippen LogP contribution in [0.5, 0.6) is 0 Å². The van der Waals surface area contributed by atoms with Crippen molar-refractivity contribution in [3.8, 4) is 0 Å². The third kappa shape index (κ3) is 3.37. The van der Waals surface area contributed by atoms with Crippen molar-refractivity contribution in [3.05, 3.63) is 95.6 Å². The van der Waals surface area contributed by atoms with Crippen LogP contribution in [0.1, 0.15) is 38.3 Å². The number of aromatic nitrogens is 4. The summed E-state index contributed by atoms with van der Waals surface area (Å²) in [6, 6.07) is 19.3. The van der Waals surface area contributed by atoms with Gasteiger partial charge in [-0.15, -0.1) is 5.10 Å². The zero-order valence-electron chi connectivity index (χ0n) is 15.0. The van der Waals surface area contributed by atoms with Crippen LogP contribution < -0.4 is 0 Å². The normalized spacial score (nSPS) is 11.9. The van der Waals surface area contributed by atoms with Gasteiger partial charge in [0.05, 0.1) is 0 Å². The minimum Gasteiger partial charge on any atom is -0.443 e. The van der Waals surface area contributed by atoms with Crippen molar-refractivity contribution in [2.75, 3.05) is 0 Å². The van der Waals surface area contributed by atoms with Gasteiger partial charge in [0.1, 0.15) is 0 Å². The van der Waals surface area contributed by atoms with Crippen LogP contribution in [-0.2, 0) is 4.74 Å². The Morgan fingerprint density at radius 3 is 2.32 bits per heavy atom. The second kappa shape index (κ2) is 7.40. The van der Waals surface area contributed by atoms with Crippen molar-refractivity contribution in [2.24, 2.45) is 0 Å². The number of esters is 1. The lowest BCUT2D eigenvalue weighted by atomic mass is 10.00. The Kier molecular flexibility index (Phi) is 4.63. The zero-order chi connectivity index (χ0) is 19.5. The molecule has 2 aromatic carbocycles. The summed E-state index contributed by atoms with van der Waals surface area (Å²) in [5.74, 6) is -0.970. The highest BCUT2D eigenvalue weighted by atomic mass is 16.5. The van der Waals surface area contributed by atoms with E-state index in [0.29, 0.717) is 11.1 Å². The summed E-state index contributed by atoms with van der Waals surface area (Å²) in [7, 11) is 0. The molecular formula is C21H16N4O3. The molecule has 138 valence electrons. The highest BCUT2D eigenvalue weighted by Gasteiger charge is 2.28. The highest BCUT2D eigenvalue weighted by molar-refractivity contribution is 6.01. The largest absolute Gasteiger partial charge is 0.443 e. The SMILES string of the molecule is Cc1ccnc2nc(C(=O)O[C@@H](C(=O)c3ccccc3)c3ccccc3)nn12. The highest BCUT2D eigenvalue weighted by Crippen LogP contribution is 2.23. The van der Waals surface area contributed by atoms with Crippen LogP contribution >= 0.6 is 0 Å². The first-order valence-electron chi connectivity index (χ1n) is 8.67. The number of ether oxygens (including phenoxy) is 1. The topological polar surface area (TPSA) is 86.5 Å². The summed E-state index contributed by atoms with van der Waals surface area (Å²) in [4.78, 5) is 33.9. The van der Waals surface area contributed by atoms with E-state index in [1.165, 1.54) is 4.52 Å². The fourth-order valence-corrected chi connectivity index (χ4v) is 2.81. The van der Waals surface area contributed by atoms with Crippen LogP contribution in [-0.4, -0.2) is 31.3 Å². The molecule has 0 N–H and O–H groups in total. The lowest BCUT2D eigenvalue weighted by Gasteiger charge is -2.16. The molecule has 7 heteroatoms. The molecule has 0 saturated carbocycles. The van der Waals surface area contributed by atoms with Gasteiger partial charge in [-0.05, 0) is 13.0 Å². The van der Waals surface area contributed by atoms with E-state index in [9.17, 15) is 9.59 Å². The molecule has 0 aliphatic heterocycles. The van der Waals surface area contributed by atoms with Crippen molar-refractivity contribution < 1.29 is 14.3 Å². The first-order chi connectivity index (χ1) is 13.6. The number of carbonyl (C=O) groups is 2. The molecule has 2 aromatic heterocycles. The average Bonchev–Trinajstić information content (AvgIpc) is 3.19. The van der Waals surface area contributed by atoms with Crippen LogP contribution in [0.15, 0.2) is 72.9 Å².